The predicted molar refractivity (Wildman–Crippen MR) is 90.1 cm³/mol. The second kappa shape index (κ2) is 7.89. The fourth-order valence-electron chi connectivity index (χ4n) is 2.18. The molecule has 0 aromatic heterocycles. The molecule has 2 aromatic rings. The number of hydrogen-bond donors (Lipinski definition) is 0. The van der Waals surface area contributed by atoms with Gasteiger partial charge in [0.05, 0.1) is 5.25 Å². The highest BCUT2D eigenvalue weighted by Gasteiger charge is 2.20. The molecule has 0 heterocycles. The largest absolute Gasteiger partial charge is 0.333 e. The maximum absolute atomic E-state index is 12.6. The van der Waals surface area contributed by atoms with Gasteiger partial charge in [0.1, 0.15) is 0 Å². The molecule has 2 rings (SSSR count). The zero-order valence-electron chi connectivity index (χ0n) is 12.5. The molecule has 1 atom stereocenters. The molecular formula is C18H21NOS. The van der Waals surface area contributed by atoms with E-state index < -0.39 is 0 Å². The highest BCUT2D eigenvalue weighted by molar-refractivity contribution is 7.99. The third-order valence-corrected chi connectivity index (χ3v) is 4.35. The Bertz CT molecular complexity index is 514. The van der Waals surface area contributed by atoms with Crippen molar-refractivity contribution < 1.29 is 4.79 Å². The second-order valence-electron chi connectivity index (χ2n) is 5.04. The molecule has 0 radical (unpaired) electrons. The smallest absolute Gasteiger partial charge is 0.235 e. The molecule has 0 aliphatic rings. The molecule has 0 fully saturated rings. The molecule has 1 amide bonds. The van der Waals surface area contributed by atoms with E-state index in [1.54, 1.807) is 11.8 Å². The third kappa shape index (κ3) is 4.64. The molecule has 0 aliphatic carbocycles. The van der Waals surface area contributed by atoms with E-state index in [2.05, 4.69) is 24.3 Å². The van der Waals surface area contributed by atoms with Crippen LogP contribution in [0.25, 0.3) is 0 Å². The summed E-state index contributed by atoms with van der Waals surface area (Å²) in [5.41, 5.74) is 2.32. The summed E-state index contributed by atoms with van der Waals surface area (Å²) in [6.45, 7) is 3.27. The number of benzene rings is 2. The van der Waals surface area contributed by atoms with Crippen LogP contribution >= 0.6 is 11.8 Å². The Morgan fingerprint density at radius 3 is 1.76 bits per heavy atom. The summed E-state index contributed by atoms with van der Waals surface area (Å²) in [6, 6.07) is 20.3. The minimum atomic E-state index is -0.0163. The first-order chi connectivity index (χ1) is 10.2. The van der Waals surface area contributed by atoms with Crippen LogP contribution in [-0.4, -0.2) is 22.3 Å². The summed E-state index contributed by atoms with van der Waals surface area (Å²) >= 11 is 1.59. The van der Waals surface area contributed by atoms with E-state index >= 15 is 0 Å². The topological polar surface area (TPSA) is 20.3 Å². The van der Waals surface area contributed by atoms with E-state index in [-0.39, 0.29) is 11.2 Å². The SMILES string of the molecule is CSC(C)C(=O)N(Cc1ccccc1)Cc1ccccc1. The Hall–Kier alpha value is -1.74. The summed E-state index contributed by atoms with van der Waals surface area (Å²) in [4.78, 5) is 14.5. The normalized spacial score (nSPS) is 11.9. The predicted octanol–water partition coefficient (Wildman–Crippen LogP) is 3.97. The van der Waals surface area contributed by atoms with Gasteiger partial charge in [-0.3, -0.25) is 4.79 Å². The van der Waals surface area contributed by atoms with Gasteiger partial charge in [-0.25, -0.2) is 0 Å². The summed E-state index contributed by atoms with van der Waals surface area (Å²) in [6.07, 6.45) is 1.98. The number of carbonyl (C=O) groups excluding carboxylic acids is 1. The first kappa shape index (κ1) is 15.6. The maximum atomic E-state index is 12.6. The van der Waals surface area contributed by atoms with Gasteiger partial charge in [0.25, 0.3) is 0 Å². The van der Waals surface area contributed by atoms with Crippen molar-refractivity contribution in [3.63, 3.8) is 0 Å². The van der Waals surface area contributed by atoms with Crippen molar-refractivity contribution in [3.8, 4) is 0 Å². The van der Waals surface area contributed by atoms with Gasteiger partial charge < -0.3 is 4.90 Å². The summed E-state index contributed by atoms with van der Waals surface area (Å²) < 4.78 is 0. The van der Waals surface area contributed by atoms with Gasteiger partial charge in [-0.1, -0.05) is 60.7 Å². The summed E-state index contributed by atoms with van der Waals surface area (Å²) in [7, 11) is 0. The minimum Gasteiger partial charge on any atom is -0.333 e. The van der Waals surface area contributed by atoms with E-state index in [1.807, 2.05) is 54.5 Å². The van der Waals surface area contributed by atoms with Crippen LogP contribution in [-0.2, 0) is 17.9 Å². The number of nitrogens with zero attached hydrogens (tertiary/aromatic N) is 1. The number of carbonyl (C=O) groups is 1. The molecule has 3 heteroatoms. The number of rotatable bonds is 6. The maximum Gasteiger partial charge on any atom is 0.235 e. The Morgan fingerprint density at radius 1 is 0.952 bits per heavy atom. The average molecular weight is 299 g/mol. The van der Waals surface area contributed by atoms with Crippen LogP contribution in [0.1, 0.15) is 18.1 Å². The molecule has 0 bridgehead atoms. The molecule has 0 spiro atoms. The van der Waals surface area contributed by atoms with Crippen molar-refractivity contribution in [2.24, 2.45) is 0 Å². The van der Waals surface area contributed by atoms with Gasteiger partial charge in [0.15, 0.2) is 0 Å². The van der Waals surface area contributed by atoms with Crippen molar-refractivity contribution in [2.45, 2.75) is 25.3 Å². The highest BCUT2D eigenvalue weighted by atomic mass is 32.2. The van der Waals surface area contributed by atoms with E-state index in [1.165, 1.54) is 0 Å². The van der Waals surface area contributed by atoms with Crippen molar-refractivity contribution >= 4 is 17.7 Å². The molecular weight excluding hydrogens is 278 g/mol. The molecule has 0 aliphatic heterocycles. The number of thioether (sulfide) groups is 1. The van der Waals surface area contributed by atoms with Crippen LogP contribution in [0.2, 0.25) is 0 Å². The standard InChI is InChI=1S/C18H21NOS/c1-15(21-2)18(20)19(13-16-9-5-3-6-10-16)14-17-11-7-4-8-12-17/h3-12,15H,13-14H2,1-2H3. The van der Waals surface area contributed by atoms with Crippen molar-refractivity contribution in [2.75, 3.05) is 6.26 Å². The molecule has 1 unspecified atom stereocenters. The quantitative estimate of drug-likeness (QED) is 0.804. The van der Waals surface area contributed by atoms with Crippen molar-refractivity contribution in [3.05, 3.63) is 71.8 Å². The van der Waals surface area contributed by atoms with E-state index in [4.69, 9.17) is 0 Å². The van der Waals surface area contributed by atoms with Crippen LogP contribution in [0.4, 0.5) is 0 Å². The lowest BCUT2D eigenvalue weighted by molar-refractivity contribution is -0.131. The first-order valence-electron chi connectivity index (χ1n) is 7.10. The van der Waals surface area contributed by atoms with E-state index in [0.29, 0.717) is 13.1 Å². The van der Waals surface area contributed by atoms with Gasteiger partial charge in [-0.2, -0.15) is 11.8 Å². The Labute approximate surface area is 131 Å². The Kier molecular flexibility index (Phi) is 5.88. The minimum absolute atomic E-state index is 0.0163. The van der Waals surface area contributed by atoms with Crippen LogP contribution in [0.5, 0.6) is 0 Å². The summed E-state index contributed by atoms with van der Waals surface area (Å²) in [5.74, 6) is 0.190. The number of hydrogen-bond acceptors (Lipinski definition) is 2. The van der Waals surface area contributed by atoms with Crippen LogP contribution in [0.3, 0.4) is 0 Å². The molecule has 0 saturated heterocycles. The molecule has 2 aromatic carbocycles. The van der Waals surface area contributed by atoms with Crippen molar-refractivity contribution in [1.29, 1.82) is 0 Å². The fourth-order valence-corrected chi connectivity index (χ4v) is 2.53. The molecule has 0 N–H and O–H groups in total. The zero-order valence-corrected chi connectivity index (χ0v) is 13.3. The average Bonchev–Trinajstić information content (AvgIpc) is 2.54. The lowest BCUT2D eigenvalue weighted by atomic mass is 10.1. The second-order valence-corrected chi connectivity index (χ2v) is 6.22. The van der Waals surface area contributed by atoms with E-state index in [0.717, 1.165) is 11.1 Å². The monoisotopic (exact) mass is 299 g/mol. The van der Waals surface area contributed by atoms with Gasteiger partial charge >= 0.3 is 0 Å². The van der Waals surface area contributed by atoms with Gasteiger partial charge in [-0.05, 0) is 24.3 Å². The summed E-state index contributed by atoms with van der Waals surface area (Å²) in [5, 5.41) is -0.0163. The molecule has 0 saturated carbocycles. The van der Waals surface area contributed by atoms with Crippen LogP contribution in [0.15, 0.2) is 60.7 Å². The fraction of sp³-hybridized carbons (Fsp3) is 0.278. The van der Waals surface area contributed by atoms with Crippen molar-refractivity contribution in [1.82, 2.24) is 4.90 Å². The Morgan fingerprint density at radius 2 is 1.38 bits per heavy atom. The van der Waals surface area contributed by atoms with Crippen LogP contribution < -0.4 is 0 Å². The van der Waals surface area contributed by atoms with Crippen LogP contribution in [0, 0.1) is 0 Å². The highest BCUT2D eigenvalue weighted by Crippen LogP contribution is 2.16. The molecule has 110 valence electrons. The van der Waals surface area contributed by atoms with Gasteiger partial charge in [0, 0.05) is 13.1 Å². The first-order valence-corrected chi connectivity index (χ1v) is 8.39. The molecule has 21 heavy (non-hydrogen) atoms. The third-order valence-electron chi connectivity index (χ3n) is 3.45. The number of amides is 1. The Balaban J connectivity index is 2.16. The zero-order chi connectivity index (χ0) is 15.1. The lowest BCUT2D eigenvalue weighted by Gasteiger charge is -2.25. The lowest BCUT2D eigenvalue weighted by Crippen LogP contribution is -2.35. The van der Waals surface area contributed by atoms with Gasteiger partial charge in [0.2, 0.25) is 5.91 Å². The molecule has 2 nitrogen and oxygen atoms in total. The van der Waals surface area contributed by atoms with Gasteiger partial charge in [-0.15, -0.1) is 0 Å². The van der Waals surface area contributed by atoms with E-state index in [9.17, 15) is 4.79 Å².